The molecule has 1 aliphatic rings. The topological polar surface area (TPSA) is 69.6 Å². The fourth-order valence-corrected chi connectivity index (χ4v) is 2.32. The summed E-state index contributed by atoms with van der Waals surface area (Å²) in [6, 6.07) is 6.84. The van der Waals surface area contributed by atoms with Crippen LogP contribution in [0.4, 0.5) is 10.5 Å². The summed E-state index contributed by atoms with van der Waals surface area (Å²) in [6.45, 7) is 1.06. The van der Waals surface area contributed by atoms with Gasteiger partial charge < -0.3 is 15.3 Å². The predicted octanol–water partition coefficient (Wildman–Crippen LogP) is 2.00. The lowest BCUT2D eigenvalue weighted by atomic mass is 10.1. The van der Waals surface area contributed by atoms with Gasteiger partial charge in [-0.2, -0.15) is 0 Å². The van der Waals surface area contributed by atoms with Crippen molar-refractivity contribution in [2.24, 2.45) is 5.92 Å². The van der Waals surface area contributed by atoms with Gasteiger partial charge in [0.25, 0.3) is 0 Å². The fraction of sp³-hybridized carbons (Fsp3) is 0.333. The van der Waals surface area contributed by atoms with Gasteiger partial charge in [-0.15, -0.1) is 6.42 Å². The van der Waals surface area contributed by atoms with Gasteiger partial charge in [-0.25, -0.2) is 4.79 Å². The number of likely N-dealkylation sites (tertiary alicyclic amines) is 1. The van der Waals surface area contributed by atoms with E-state index in [0.29, 0.717) is 24.3 Å². The minimum absolute atomic E-state index is 0.0373. The molecule has 104 valence electrons. The van der Waals surface area contributed by atoms with Crippen molar-refractivity contribution >= 4 is 17.7 Å². The fourth-order valence-electron chi connectivity index (χ4n) is 2.32. The molecule has 0 saturated carbocycles. The minimum atomic E-state index is -0.820. The number of urea groups is 1. The predicted molar refractivity (Wildman–Crippen MR) is 75.3 cm³/mol. The summed E-state index contributed by atoms with van der Waals surface area (Å²) in [6.07, 6.45) is 6.14. The highest BCUT2D eigenvalue weighted by Crippen LogP contribution is 2.20. The van der Waals surface area contributed by atoms with Gasteiger partial charge in [0.2, 0.25) is 0 Å². The van der Waals surface area contributed by atoms with E-state index in [4.69, 9.17) is 11.5 Å². The third kappa shape index (κ3) is 3.51. The van der Waals surface area contributed by atoms with Crippen LogP contribution in [-0.2, 0) is 4.79 Å². The zero-order chi connectivity index (χ0) is 14.5. The number of benzene rings is 1. The maximum absolute atomic E-state index is 12.1. The van der Waals surface area contributed by atoms with Gasteiger partial charge in [0.05, 0.1) is 0 Å². The average Bonchev–Trinajstić information content (AvgIpc) is 2.86. The third-order valence-corrected chi connectivity index (χ3v) is 3.32. The molecule has 0 radical (unpaired) electrons. The second kappa shape index (κ2) is 6.11. The zero-order valence-electron chi connectivity index (χ0n) is 11.0. The van der Waals surface area contributed by atoms with Gasteiger partial charge in [-0.1, -0.05) is 12.0 Å². The number of hydrogen-bond donors (Lipinski definition) is 2. The molecule has 0 bridgehead atoms. The molecule has 0 spiro atoms. The number of nitrogens with one attached hydrogen (secondary N) is 1. The molecule has 0 aliphatic carbocycles. The van der Waals surface area contributed by atoms with Crippen molar-refractivity contribution in [3.05, 3.63) is 29.8 Å². The first kappa shape index (κ1) is 13.9. The number of terminal acetylenes is 1. The molecule has 1 saturated heterocycles. The number of amides is 2. The number of aliphatic carboxylic acids is 1. The zero-order valence-corrected chi connectivity index (χ0v) is 11.0. The number of carbonyl (C=O) groups excluding carboxylic acids is 1. The Morgan fingerprint density at radius 1 is 1.50 bits per heavy atom. The largest absolute Gasteiger partial charge is 0.481 e. The molecule has 2 N–H and O–H groups in total. The SMILES string of the molecule is C#Cc1cccc(NC(=O)N2CCC(CC(=O)O)C2)c1. The van der Waals surface area contributed by atoms with Crippen molar-refractivity contribution in [2.75, 3.05) is 18.4 Å². The molecule has 20 heavy (non-hydrogen) atoms. The van der Waals surface area contributed by atoms with E-state index in [9.17, 15) is 9.59 Å². The van der Waals surface area contributed by atoms with Crippen LogP contribution in [0.15, 0.2) is 24.3 Å². The van der Waals surface area contributed by atoms with Crippen LogP contribution in [0.25, 0.3) is 0 Å². The van der Waals surface area contributed by atoms with E-state index >= 15 is 0 Å². The normalized spacial score (nSPS) is 17.6. The Balaban J connectivity index is 1.92. The molecular formula is C15H16N2O3. The molecule has 1 aromatic rings. The van der Waals surface area contributed by atoms with E-state index < -0.39 is 5.97 Å². The van der Waals surface area contributed by atoms with Crippen LogP contribution in [0.1, 0.15) is 18.4 Å². The summed E-state index contributed by atoms with van der Waals surface area (Å²) in [5.74, 6) is 1.73. The second-order valence-corrected chi connectivity index (χ2v) is 4.85. The van der Waals surface area contributed by atoms with Crippen molar-refractivity contribution in [1.82, 2.24) is 4.90 Å². The van der Waals surface area contributed by atoms with Crippen molar-refractivity contribution in [2.45, 2.75) is 12.8 Å². The smallest absolute Gasteiger partial charge is 0.321 e. The summed E-state index contributed by atoms with van der Waals surface area (Å²) >= 11 is 0. The Kier molecular flexibility index (Phi) is 4.26. The summed E-state index contributed by atoms with van der Waals surface area (Å²) in [7, 11) is 0. The number of carboxylic acid groups (broad SMARTS) is 1. The lowest BCUT2D eigenvalue weighted by Crippen LogP contribution is -2.33. The van der Waals surface area contributed by atoms with E-state index in [2.05, 4.69) is 11.2 Å². The Morgan fingerprint density at radius 3 is 3.00 bits per heavy atom. The van der Waals surface area contributed by atoms with Crippen LogP contribution in [0.5, 0.6) is 0 Å². The molecule has 2 amide bonds. The van der Waals surface area contributed by atoms with Crippen LogP contribution in [0.3, 0.4) is 0 Å². The first-order chi connectivity index (χ1) is 9.58. The van der Waals surface area contributed by atoms with E-state index in [1.54, 1.807) is 29.2 Å². The standard InChI is InChI=1S/C15H16N2O3/c1-2-11-4-3-5-13(8-11)16-15(20)17-7-6-12(10-17)9-14(18)19/h1,3-5,8,12H,6-7,9-10H2,(H,16,20)(H,18,19). The average molecular weight is 272 g/mol. The van der Waals surface area contributed by atoms with Crippen LogP contribution in [0, 0.1) is 18.3 Å². The lowest BCUT2D eigenvalue weighted by Gasteiger charge is -2.17. The first-order valence-electron chi connectivity index (χ1n) is 6.43. The summed E-state index contributed by atoms with van der Waals surface area (Å²) < 4.78 is 0. The molecule has 1 aromatic carbocycles. The molecule has 5 heteroatoms. The number of hydrogen-bond acceptors (Lipinski definition) is 2. The van der Waals surface area contributed by atoms with Gasteiger partial charge in [0.1, 0.15) is 0 Å². The molecule has 1 fully saturated rings. The van der Waals surface area contributed by atoms with Crippen molar-refractivity contribution in [3.63, 3.8) is 0 Å². The van der Waals surface area contributed by atoms with Gasteiger partial charge >= 0.3 is 12.0 Å². The number of rotatable bonds is 3. The number of nitrogens with zero attached hydrogens (tertiary/aromatic N) is 1. The molecule has 2 rings (SSSR count). The minimum Gasteiger partial charge on any atom is -0.481 e. The number of carboxylic acids is 1. The maximum Gasteiger partial charge on any atom is 0.321 e. The highest BCUT2D eigenvalue weighted by atomic mass is 16.4. The first-order valence-corrected chi connectivity index (χ1v) is 6.43. The molecule has 1 aliphatic heterocycles. The Hall–Kier alpha value is -2.48. The Bertz CT molecular complexity index is 562. The molecule has 5 nitrogen and oxygen atoms in total. The van der Waals surface area contributed by atoms with E-state index in [1.165, 1.54) is 0 Å². The van der Waals surface area contributed by atoms with Crippen LogP contribution in [0.2, 0.25) is 0 Å². The summed E-state index contributed by atoms with van der Waals surface area (Å²) in [5.41, 5.74) is 1.35. The van der Waals surface area contributed by atoms with Gasteiger partial charge in [-0.05, 0) is 30.5 Å². The highest BCUT2D eigenvalue weighted by Gasteiger charge is 2.27. The molecule has 1 unspecified atom stereocenters. The quantitative estimate of drug-likeness (QED) is 0.827. The van der Waals surface area contributed by atoms with E-state index in [1.807, 2.05) is 0 Å². The molecule has 1 heterocycles. The Labute approximate surface area is 117 Å². The lowest BCUT2D eigenvalue weighted by molar-refractivity contribution is -0.138. The van der Waals surface area contributed by atoms with Crippen molar-refractivity contribution in [3.8, 4) is 12.3 Å². The monoisotopic (exact) mass is 272 g/mol. The highest BCUT2D eigenvalue weighted by molar-refractivity contribution is 5.89. The van der Waals surface area contributed by atoms with Crippen molar-refractivity contribution in [1.29, 1.82) is 0 Å². The molecule has 1 atom stereocenters. The molecule has 0 aromatic heterocycles. The van der Waals surface area contributed by atoms with E-state index in [0.717, 1.165) is 6.42 Å². The Morgan fingerprint density at radius 2 is 2.30 bits per heavy atom. The van der Waals surface area contributed by atoms with Crippen LogP contribution in [-0.4, -0.2) is 35.1 Å². The van der Waals surface area contributed by atoms with Crippen LogP contribution >= 0.6 is 0 Å². The van der Waals surface area contributed by atoms with Gasteiger partial charge in [0.15, 0.2) is 0 Å². The van der Waals surface area contributed by atoms with Gasteiger partial charge in [-0.3, -0.25) is 4.79 Å². The van der Waals surface area contributed by atoms with E-state index in [-0.39, 0.29) is 18.4 Å². The van der Waals surface area contributed by atoms with Crippen LogP contribution < -0.4 is 5.32 Å². The number of carbonyl (C=O) groups is 2. The second-order valence-electron chi connectivity index (χ2n) is 4.85. The summed E-state index contributed by atoms with van der Waals surface area (Å²) in [4.78, 5) is 24.4. The third-order valence-electron chi connectivity index (χ3n) is 3.32. The summed E-state index contributed by atoms with van der Waals surface area (Å²) in [5, 5.41) is 11.5. The molecular weight excluding hydrogens is 256 g/mol. The maximum atomic E-state index is 12.1. The number of anilines is 1. The van der Waals surface area contributed by atoms with Gasteiger partial charge in [0, 0.05) is 30.8 Å². The van der Waals surface area contributed by atoms with Crippen molar-refractivity contribution < 1.29 is 14.7 Å².